The van der Waals surface area contributed by atoms with E-state index in [4.69, 9.17) is 0 Å². The molecular formula is C18H14F2I+. The Morgan fingerprint density at radius 2 is 0.952 bits per heavy atom. The third-order valence-corrected chi connectivity index (χ3v) is 5.16. The molecule has 106 valence electrons. The molecule has 0 N–H and O–H groups in total. The minimum Gasteiger partial charge on any atom is -0.207 e. The predicted octanol–water partition coefficient (Wildman–Crippen LogP) is 1.78. The Morgan fingerprint density at radius 1 is 0.524 bits per heavy atom. The highest BCUT2D eigenvalue weighted by atomic mass is 127. The van der Waals surface area contributed by atoms with Crippen LogP contribution >= 0.6 is 0 Å². The zero-order chi connectivity index (χ0) is 14.9. The monoisotopic (exact) mass is 395 g/mol. The summed E-state index contributed by atoms with van der Waals surface area (Å²) in [5.41, 5.74) is 0. The molecule has 0 bridgehead atoms. The van der Waals surface area contributed by atoms with Crippen molar-refractivity contribution in [1.29, 1.82) is 0 Å². The summed E-state index contributed by atoms with van der Waals surface area (Å²) >= 11 is 0.0287. The van der Waals surface area contributed by atoms with Gasteiger partial charge in [0.05, 0.1) is 0 Å². The van der Waals surface area contributed by atoms with Crippen LogP contribution in [-0.4, -0.2) is 0 Å². The molecule has 0 radical (unpaired) electrons. The van der Waals surface area contributed by atoms with Gasteiger partial charge in [-0.25, -0.2) is 8.78 Å². The summed E-state index contributed by atoms with van der Waals surface area (Å²) in [5, 5.41) is 0. The number of hydrogen-bond donors (Lipinski definition) is 0. The van der Waals surface area contributed by atoms with Gasteiger partial charge >= 0.3 is 21.2 Å². The Balaban J connectivity index is 0.000000173. The molecule has 0 aliphatic rings. The molecule has 0 nitrogen and oxygen atoms in total. The van der Waals surface area contributed by atoms with Crippen LogP contribution in [0.3, 0.4) is 0 Å². The first kappa shape index (κ1) is 15.6. The van der Waals surface area contributed by atoms with E-state index >= 15 is 0 Å². The zero-order valence-corrected chi connectivity index (χ0v) is 13.4. The lowest BCUT2D eigenvalue weighted by molar-refractivity contribution is -0.597. The molecule has 0 saturated heterocycles. The van der Waals surface area contributed by atoms with Gasteiger partial charge in [-0.15, -0.1) is 0 Å². The molecular weight excluding hydrogens is 381 g/mol. The van der Waals surface area contributed by atoms with Crippen LogP contribution in [-0.2, 0) is 0 Å². The first-order chi connectivity index (χ1) is 10.2. The van der Waals surface area contributed by atoms with Gasteiger partial charge in [0.25, 0.3) is 0 Å². The first-order valence-corrected chi connectivity index (χ1v) is 8.56. The average Bonchev–Trinajstić information content (AvgIpc) is 2.50. The maximum Gasteiger partial charge on any atom is 0.357 e. The van der Waals surface area contributed by atoms with Crippen molar-refractivity contribution in [2.75, 3.05) is 0 Å². The van der Waals surface area contributed by atoms with Crippen molar-refractivity contribution in [3.8, 4) is 0 Å². The summed E-state index contributed by atoms with van der Waals surface area (Å²) in [6.45, 7) is 0. The van der Waals surface area contributed by atoms with Crippen molar-refractivity contribution >= 4 is 0 Å². The molecule has 21 heavy (non-hydrogen) atoms. The van der Waals surface area contributed by atoms with Crippen LogP contribution in [0.4, 0.5) is 8.78 Å². The van der Waals surface area contributed by atoms with E-state index in [1.54, 1.807) is 0 Å². The summed E-state index contributed by atoms with van der Waals surface area (Å²) in [4.78, 5) is 0. The fraction of sp³-hybridized carbons (Fsp3) is 0. The molecule has 3 rings (SSSR count). The second-order valence-electron chi connectivity index (χ2n) is 4.13. The molecule has 0 atom stereocenters. The maximum absolute atomic E-state index is 11.9. The molecule has 0 unspecified atom stereocenters. The summed E-state index contributed by atoms with van der Waals surface area (Å²) in [5.74, 6) is -1.07. The van der Waals surface area contributed by atoms with E-state index in [-0.39, 0.29) is 21.2 Å². The third-order valence-electron chi connectivity index (χ3n) is 2.47. The molecule has 0 heterocycles. The van der Waals surface area contributed by atoms with E-state index < -0.39 is 11.6 Å². The highest BCUT2D eigenvalue weighted by molar-refractivity contribution is 5.05. The van der Waals surface area contributed by atoms with Crippen molar-refractivity contribution in [2.45, 2.75) is 0 Å². The Kier molecular flexibility index (Phi) is 6.34. The Morgan fingerprint density at radius 3 is 1.29 bits per heavy atom. The van der Waals surface area contributed by atoms with Crippen molar-refractivity contribution in [2.24, 2.45) is 0 Å². The minimum absolute atomic E-state index is 0.0287. The Bertz CT molecular complexity index is 600. The van der Waals surface area contributed by atoms with Crippen LogP contribution in [0.5, 0.6) is 0 Å². The SMILES string of the molecule is Fc1cccc(F)c1.c1ccc([I+]c2ccccc2)cc1. The molecule has 3 aromatic carbocycles. The standard InChI is InChI=1S/C12H10I.C6H4F2/c1-3-7-11(8-4-1)13-12-9-5-2-6-10-12;7-5-2-1-3-6(8)4-5/h1-10H;1-4H/q+1;. The van der Waals surface area contributed by atoms with Gasteiger partial charge in [-0.05, 0) is 36.4 Å². The quantitative estimate of drug-likeness (QED) is 0.581. The van der Waals surface area contributed by atoms with Crippen LogP contribution in [0, 0.1) is 18.8 Å². The molecule has 0 fully saturated rings. The summed E-state index contributed by atoms with van der Waals surface area (Å²) in [6.07, 6.45) is 0. The van der Waals surface area contributed by atoms with Crippen LogP contribution in [0.1, 0.15) is 0 Å². The number of halogens is 3. The Hall–Kier alpha value is -1.75. The van der Waals surface area contributed by atoms with Gasteiger partial charge in [0, 0.05) is 6.07 Å². The number of rotatable bonds is 2. The van der Waals surface area contributed by atoms with Crippen molar-refractivity contribution in [3.63, 3.8) is 0 Å². The minimum atomic E-state index is -0.537. The van der Waals surface area contributed by atoms with E-state index in [0.717, 1.165) is 6.07 Å². The summed E-state index contributed by atoms with van der Waals surface area (Å²) in [6, 6.07) is 26.0. The van der Waals surface area contributed by atoms with E-state index in [2.05, 4.69) is 60.7 Å². The second kappa shape index (κ2) is 8.52. The molecule has 0 aliphatic carbocycles. The van der Waals surface area contributed by atoms with Crippen LogP contribution in [0.25, 0.3) is 0 Å². The molecule has 3 aromatic rings. The molecule has 0 saturated carbocycles. The summed E-state index contributed by atoms with van der Waals surface area (Å²) in [7, 11) is 0. The number of hydrogen-bond acceptors (Lipinski definition) is 0. The smallest absolute Gasteiger partial charge is 0.207 e. The first-order valence-electron chi connectivity index (χ1n) is 6.40. The highest BCUT2D eigenvalue weighted by Crippen LogP contribution is 1.99. The zero-order valence-electron chi connectivity index (χ0n) is 11.2. The van der Waals surface area contributed by atoms with Crippen LogP contribution in [0.2, 0.25) is 0 Å². The van der Waals surface area contributed by atoms with E-state index in [1.807, 2.05) is 0 Å². The third kappa shape index (κ3) is 6.04. The van der Waals surface area contributed by atoms with Gasteiger partial charge in [0.2, 0.25) is 0 Å². The van der Waals surface area contributed by atoms with E-state index in [9.17, 15) is 8.78 Å². The topological polar surface area (TPSA) is 0 Å². The maximum atomic E-state index is 11.9. The van der Waals surface area contributed by atoms with Crippen molar-refractivity contribution in [3.05, 3.63) is 104 Å². The van der Waals surface area contributed by atoms with Gasteiger partial charge in [-0.1, -0.05) is 42.5 Å². The lowest BCUT2D eigenvalue weighted by atomic mass is 10.3. The molecule has 0 spiro atoms. The fourth-order valence-corrected chi connectivity index (χ4v) is 3.81. The normalized spacial score (nSPS) is 9.62. The largest absolute Gasteiger partial charge is 0.357 e. The van der Waals surface area contributed by atoms with Gasteiger partial charge in [-0.3, -0.25) is 0 Å². The van der Waals surface area contributed by atoms with Gasteiger partial charge in [0.1, 0.15) is 11.6 Å². The summed E-state index contributed by atoms with van der Waals surface area (Å²) < 4.78 is 26.8. The van der Waals surface area contributed by atoms with Gasteiger partial charge in [0.15, 0.2) is 7.14 Å². The molecule has 0 aromatic heterocycles. The van der Waals surface area contributed by atoms with Crippen molar-refractivity contribution < 1.29 is 30.0 Å². The number of benzene rings is 3. The second-order valence-corrected chi connectivity index (χ2v) is 7.16. The fourth-order valence-electron chi connectivity index (χ4n) is 1.54. The van der Waals surface area contributed by atoms with Crippen molar-refractivity contribution in [1.82, 2.24) is 0 Å². The van der Waals surface area contributed by atoms with E-state index in [0.29, 0.717) is 0 Å². The average molecular weight is 395 g/mol. The van der Waals surface area contributed by atoms with Crippen LogP contribution < -0.4 is 21.2 Å². The lowest BCUT2D eigenvalue weighted by Crippen LogP contribution is -3.61. The van der Waals surface area contributed by atoms with Gasteiger partial charge in [-0.2, -0.15) is 0 Å². The molecule has 0 aliphatic heterocycles. The van der Waals surface area contributed by atoms with Gasteiger partial charge < -0.3 is 0 Å². The van der Waals surface area contributed by atoms with E-state index in [1.165, 1.54) is 25.3 Å². The highest BCUT2D eigenvalue weighted by Gasteiger charge is 2.12. The molecule has 0 amide bonds. The predicted molar refractivity (Wildman–Crippen MR) is 76.6 cm³/mol. The lowest BCUT2D eigenvalue weighted by Gasteiger charge is -1.84. The molecule has 3 heteroatoms. The van der Waals surface area contributed by atoms with Crippen LogP contribution in [0.15, 0.2) is 84.9 Å². The Labute approximate surface area is 133 Å².